The van der Waals surface area contributed by atoms with Crippen LogP contribution in [-0.2, 0) is 10.0 Å². The van der Waals surface area contributed by atoms with Gasteiger partial charge in [-0.05, 0) is 26.0 Å². The molecule has 0 saturated carbocycles. The van der Waals surface area contributed by atoms with Crippen LogP contribution in [0.2, 0.25) is 0 Å². The van der Waals surface area contributed by atoms with Crippen molar-refractivity contribution in [3.63, 3.8) is 0 Å². The highest BCUT2D eigenvalue weighted by Crippen LogP contribution is 2.22. The summed E-state index contributed by atoms with van der Waals surface area (Å²) < 4.78 is 31.2. The van der Waals surface area contributed by atoms with Gasteiger partial charge in [0.1, 0.15) is 0 Å². The minimum atomic E-state index is -3.87. The molecule has 8 heteroatoms. The van der Waals surface area contributed by atoms with Crippen molar-refractivity contribution in [2.24, 2.45) is 0 Å². The average Bonchev–Trinajstić information content (AvgIpc) is 2.61. The number of nitrogens with two attached hydrogens (primary N) is 1. The number of hydrogen-bond donors (Lipinski definition) is 2. The van der Waals surface area contributed by atoms with Gasteiger partial charge >= 0.3 is 0 Å². The molecule has 0 bridgehead atoms. The standard InChI is InChI=1S/C10H12N4O3S/c1-6-7(2)13-17-9(6)14-18(15,16)10-8(11)4-3-5-12-10/h3-5,14H,11H2,1-2H3. The molecule has 18 heavy (non-hydrogen) atoms. The molecule has 2 aromatic heterocycles. The van der Waals surface area contributed by atoms with Crippen molar-refractivity contribution >= 4 is 21.6 Å². The lowest BCUT2D eigenvalue weighted by Gasteiger charge is -2.06. The highest BCUT2D eigenvalue weighted by molar-refractivity contribution is 7.92. The molecule has 2 aromatic rings. The Morgan fingerprint density at radius 3 is 2.67 bits per heavy atom. The second-order valence-electron chi connectivity index (χ2n) is 3.73. The summed E-state index contributed by atoms with van der Waals surface area (Å²) in [5.41, 5.74) is 6.88. The minimum Gasteiger partial charge on any atom is -0.396 e. The fourth-order valence-electron chi connectivity index (χ4n) is 1.31. The molecule has 3 N–H and O–H groups in total. The number of rotatable bonds is 3. The van der Waals surface area contributed by atoms with Gasteiger partial charge in [0.05, 0.1) is 11.4 Å². The zero-order valence-electron chi connectivity index (χ0n) is 9.84. The first-order valence-corrected chi connectivity index (χ1v) is 6.56. The quantitative estimate of drug-likeness (QED) is 0.861. The number of pyridine rings is 1. The summed E-state index contributed by atoms with van der Waals surface area (Å²) in [7, 11) is -3.87. The lowest BCUT2D eigenvalue weighted by molar-refractivity contribution is 0.430. The molecule has 2 heterocycles. The minimum absolute atomic E-state index is 0.0672. The number of aromatic nitrogens is 2. The van der Waals surface area contributed by atoms with Gasteiger partial charge < -0.3 is 10.3 Å². The molecule has 0 atom stereocenters. The summed E-state index contributed by atoms with van der Waals surface area (Å²) in [6, 6.07) is 3.01. The van der Waals surface area contributed by atoms with Gasteiger partial charge in [-0.3, -0.25) is 0 Å². The van der Waals surface area contributed by atoms with E-state index in [0.29, 0.717) is 11.3 Å². The fourth-order valence-corrected chi connectivity index (χ4v) is 2.42. The molecule has 0 saturated heterocycles. The van der Waals surface area contributed by atoms with Gasteiger partial charge in [0.2, 0.25) is 5.88 Å². The molecule has 0 spiro atoms. The van der Waals surface area contributed by atoms with E-state index in [1.54, 1.807) is 19.9 Å². The van der Waals surface area contributed by atoms with Crippen molar-refractivity contribution in [2.45, 2.75) is 18.9 Å². The first-order valence-electron chi connectivity index (χ1n) is 5.08. The lowest BCUT2D eigenvalue weighted by atomic mass is 10.3. The third kappa shape index (κ3) is 2.14. The molecule has 0 unspecified atom stereocenters. The molecule has 0 aliphatic carbocycles. The Balaban J connectivity index is 2.40. The maximum Gasteiger partial charge on any atom is 0.283 e. The van der Waals surface area contributed by atoms with E-state index >= 15 is 0 Å². The van der Waals surface area contributed by atoms with Crippen molar-refractivity contribution in [1.29, 1.82) is 0 Å². The Morgan fingerprint density at radius 1 is 1.39 bits per heavy atom. The zero-order chi connectivity index (χ0) is 13.3. The van der Waals surface area contributed by atoms with E-state index in [-0.39, 0.29) is 16.6 Å². The smallest absolute Gasteiger partial charge is 0.283 e. The third-order valence-electron chi connectivity index (χ3n) is 2.44. The van der Waals surface area contributed by atoms with Gasteiger partial charge in [-0.15, -0.1) is 0 Å². The summed E-state index contributed by atoms with van der Waals surface area (Å²) >= 11 is 0. The molecule has 0 amide bonds. The lowest BCUT2D eigenvalue weighted by Crippen LogP contribution is -2.16. The Kier molecular flexibility index (Phi) is 2.95. The van der Waals surface area contributed by atoms with E-state index in [1.165, 1.54) is 12.3 Å². The maximum atomic E-state index is 12.0. The van der Waals surface area contributed by atoms with Crippen LogP contribution in [0.4, 0.5) is 11.6 Å². The predicted octanol–water partition coefficient (Wildman–Crippen LogP) is 1.07. The van der Waals surface area contributed by atoms with E-state index in [0.717, 1.165) is 0 Å². The summed E-state index contributed by atoms with van der Waals surface area (Å²) in [5, 5.41) is 3.43. The molecule has 0 fully saturated rings. The topological polar surface area (TPSA) is 111 Å². The first kappa shape index (κ1) is 12.4. The molecule has 0 aliphatic rings. The normalized spacial score (nSPS) is 11.4. The molecule has 2 rings (SSSR count). The van der Waals surface area contributed by atoms with Crippen LogP contribution in [0.15, 0.2) is 27.9 Å². The Hall–Kier alpha value is -2.09. The SMILES string of the molecule is Cc1noc(NS(=O)(=O)c2ncccc2N)c1C. The predicted molar refractivity (Wildman–Crippen MR) is 65.4 cm³/mol. The first-order chi connectivity index (χ1) is 8.42. The Labute approximate surface area is 104 Å². The molecule has 96 valence electrons. The van der Waals surface area contributed by atoms with Crippen LogP contribution in [0.1, 0.15) is 11.3 Å². The summed E-state index contributed by atoms with van der Waals surface area (Å²) in [5.74, 6) is 0.0672. The number of hydrogen-bond acceptors (Lipinski definition) is 6. The highest BCUT2D eigenvalue weighted by Gasteiger charge is 2.22. The van der Waals surface area contributed by atoms with Crippen molar-refractivity contribution in [1.82, 2.24) is 10.1 Å². The molecule has 0 radical (unpaired) electrons. The highest BCUT2D eigenvalue weighted by atomic mass is 32.2. The van der Waals surface area contributed by atoms with Crippen LogP contribution >= 0.6 is 0 Å². The Bertz CT molecular complexity index is 678. The van der Waals surface area contributed by atoms with Gasteiger partial charge in [0.15, 0.2) is 5.03 Å². The van der Waals surface area contributed by atoms with Crippen LogP contribution in [-0.4, -0.2) is 18.6 Å². The van der Waals surface area contributed by atoms with Crippen molar-refractivity contribution in [3.8, 4) is 0 Å². The second-order valence-corrected chi connectivity index (χ2v) is 5.32. The molecular formula is C10H12N4O3S. The van der Waals surface area contributed by atoms with Gasteiger partial charge in [-0.1, -0.05) is 5.16 Å². The van der Waals surface area contributed by atoms with Crippen molar-refractivity contribution in [3.05, 3.63) is 29.6 Å². The van der Waals surface area contributed by atoms with Crippen molar-refractivity contribution in [2.75, 3.05) is 10.5 Å². The molecular weight excluding hydrogens is 256 g/mol. The van der Waals surface area contributed by atoms with Gasteiger partial charge in [0.25, 0.3) is 10.0 Å². The van der Waals surface area contributed by atoms with Crippen molar-refractivity contribution < 1.29 is 12.9 Å². The molecule has 0 aromatic carbocycles. The van der Waals surface area contributed by atoms with Crippen LogP contribution in [0.25, 0.3) is 0 Å². The number of anilines is 2. The number of aryl methyl sites for hydroxylation is 1. The van der Waals surface area contributed by atoms with Crippen LogP contribution < -0.4 is 10.5 Å². The summed E-state index contributed by atoms with van der Waals surface area (Å²) in [4.78, 5) is 3.75. The van der Waals surface area contributed by atoms with Gasteiger partial charge in [-0.25, -0.2) is 9.71 Å². The van der Waals surface area contributed by atoms with E-state index in [4.69, 9.17) is 10.3 Å². The molecule has 7 nitrogen and oxygen atoms in total. The van der Waals surface area contributed by atoms with E-state index in [9.17, 15) is 8.42 Å². The van der Waals surface area contributed by atoms with E-state index in [1.807, 2.05) is 0 Å². The monoisotopic (exact) mass is 268 g/mol. The second kappa shape index (κ2) is 4.30. The maximum absolute atomic E-state index is 12.0. The number of sulfonamides is 1. The summed E-state index contributed by atoms with van der Waals surface area (Å²) in [6.07, 6.45) is 1.35. The number of nitrogens with zero attached hydrogens (tertiary/aromatic N) is 2. The van der Waals surface area contributed by atoms with E-state index in [2.05, 4.69) is 14.9 Å². The fraction of sp³-hybridized carbons (Fsp3) is 0.200. The summed E-state index contributed by atoms with van der Waals surface area (Å²) in [6.45, 7) is 3.41. The average molecular weight is 268 g/mol. The van der Waals surface area contributed by atoms with Crippen LogP contribution in [0, 0.1) is 13.8 Å². The largest absolute Gasteiger partial charge is 0.396 e. The van der Waals surface area contributed by atoms with Crippen LogP contribution in [0.3, 0.4) is 0 Å². The van der Waals surface area contributed by atoms with Gasteiger partial charge in [0, 0.05) is 11.8 Å². The van der Waals surface area contributed by atoms with Crippen LogP contribution in [0.5, 0.6) is 0 Å². The Morgan fingerprint density at radius 2 is 2.11 bits per heavy atom. The zero-order valence-corrected chi connectivity index (χ0v) is 10.7. The third-order valence-corrected chi connectivity index (χ3v) is 3.74. The molecule has 0 aliphatic heterocycles. The number of nitrogen functional groups attached to an aromatic ring is 1. The van der Waals surface area contributed by atoms with E-state index < -0.39 is 10.0 Å². The number of nitrogens with one attached hydrogen (secondary N) is 1. The van der Waals surface area contributed by atoms with Gasteiger partial charge in [-0.2, -0.15) is 8.42 Å².